The van der Waals surface area contributed by atoms with Crippen LogP contribution in [0.1, 0.15) is 142 Å². The van der Waals surface area contributed by atoms with Crippen LogP contribution in [0.15, 0.2) is 0 Å². The second-order valence-electron chi connectivity index (χ2n) is 8.62. The summed E-state index contributed by atoms with van der Waals surface area (Å²) in [5.41, 5.74) is -0.642. The first-order valence-corrected chi connectivity index (χ1v) is 13.2. The van der Waals surface area contributed by atoms with Crippen molar-refractivity contribution in [1.82, 2.24) is 0 Å². The van der Waals surface area contributed by atoms with Crippen molar-refractivity contribution in [3.63, 3.8) is 0 Å². The third-order valence-electron chi connectivity index (χ3n) is 5.75. The van der Waals surface area contributed by atoms with E-state index in [2.05, 4.69) is 26.5 Å². The van der Waals surface area contributed by atoms with Crippen LogP contribution >= 0.6 is 12.6 Å². The standard InChI is InChI=1S/C25H52O2S/c1-3-5-7-9-11-13-14-15-16-18-20-22-24(25(26)28)27-23-21-19-17-12-10-8-6-4-2/h24-26,28H,3-23H2,1-2H3/t24?,25-/m0/s1. The molecular weight excluding hydrogens is 364 g/mol. The Balaban J connectivity index is 3.43. The number of rotatable bonds is 23. The summed E-state index contributed by atoms with van der Waals surface area (Å²) < 4.78 is 5.91. The molecule has 0 spiro atoms. The van der Waals surface area contributed by atoms with Crippen molar-refractivity contribution in [2.45, 2.75) is 154 Å². The van der Waals surface area contributed by atoms with Crippen molar-refractivity contribution < 1.29 is 9.84 Å². The van der Waals surface area contributed by atoms with E-state index in [4.69, 9.17) is 4.74 Å². The number of aliphatic hydroxyl groups is 1. The molecule has 3 heteroatoms. The summed E-state index contributed by atoms with van der Waals surface area (Å²) in [5, 5.41) is 9.84. The topological polar surface area (TPSA) is 29.5 Å². The lowest BCUT2D eigenvalue weighted by molar-refractivity contribution is -0.00796. The van der Waals surface area contributed by atoms with Gasteiger partial charge >= 0.3 is 0 Å². The highest BCUT2D eigenvalue weighted by atomic mass is 32.1. The fraction of sp³-hybridized carbons (Fsp3) is 1.00. The van der Waals surface area contributed by atoms with Crippen LogP contribution in [0.25, 0.3) is 0 Å². The fourth-order valence-electron chi connectivity index (χ4n) is 3.80. The fourth-order valence-corrected chi connectivity index (χ4v) is 4.03. The molecule has 0 fully saturated rings. The molecule has 1 N–H and O–H groups in total. The molecular formula is C25H52O2S. The Labute approximate surface area is 183 Å². The molecule has 0 aromatic heterocycles. The van der Waals surface area contributed by atoms with Crippen LogP contribution in [-0.4, -0.2) is 23.3 Å². The Morgan fingerprint density at radius 3 is 1.32 bits per heavy atom. The number of unbranched alkanes of at least 4 members (excludes halogenated alkanes) is 17. The molecule has 0 aliphatic carbocycles. The molecule has 0 aromatic rings. The van der Waals surface area contributed by atoms with E-state index in [9.17, 15) is 5.11 Å². The number of ether oxygens (including phenoxy) is 1. The van der Waals surface area contributed by atoms with Gasteiger partial charge in [0.25, 0.3) is 0 Å². The highest BCUT2D eigenvalue weighted by molar-refractivity contribution is 7.80. The maximum absolute atomic E-state index is 9.84. The number of hydrogen-bond donors (Lipinski definition) is 2. The molecule has 0 amide bonds. The van der Waals surface area contributed by atoms with E-state index in [1.54, 1.807) is 0 Å². The van der Waals surface area contributed by atoms with E-state index < -0.39 is 5.44 Å². The second-order valence-corrected chi connectivity index (χ2v) is 9.15. The van der Waals surface area contributed by atoms with Crippen LogP contribution in [0, 0.1) is 0 Å². The summed E-state index contributed by atoms with van der Waals surface area (Å²) in [6, 6.07) is 0. The first-order chi connectivity index (χ1) is 13.7. The minimum atomic E-state index is -0.642. The first-order valence-electron chi connectivity index (χ1n) is 12.7. The zero-order valence-corrected chi connectivity index (χ0v) is 20.2. The van der Waals surface area contributed by atoms with E-state index in [1.807, 2.05) is 0 Å². The lowest BCUT2D eigenvalue weighted by Gasteiger charge is -2.20. The summed E-state index contributed by atoms with van der Waals surface area (Å²) in [5.74, 6) is 0. The minimum Gasteiger partial charge on any atom is -0.380 e. The van der Waals surface area contributed by atoms with Crippen molar-refractivity contribution >= 4 is 12.6 Å². The van der Waals surface area contributed by atoms with Gasteiger partial charge in [-0.05, 0) is 12.8 Å². The summed E-state index contributed by atoms with van der Waals surface area (Å²) in [7, 11) is 0. The van der Waals surface area contributed by atoms with Crippen molar-refractivity contribution in [2.24, 2.45) is 0 Å². The zero-order valence-electron chi connectivity index (χ0n) is 19.3. The molecule has 0 rings (SSSR count). The van der Waals surface area contributed by atoms with Gasteiger partial charge < -0.3 is 9.84 Å². The smallest absolute Gasteiger partial charge is 0.123 e. The van der Waals surface area contributed by atoms with Gasteiger partial charge in [-0.3, -0.25) is 0 Å². The molecule has 2 nitrogen and oxygen atoms in total. The summed E-state index contributed by atoms with van der Waals surface area (Å²) in [6.45, 7) is 5.31. The second kappa shape index (κ2) is 23.5. The number of thiol groups is 1. The highest BCUT2D eigenvalue weighted by Crippen LogP contribution is 2.17. The predicted octanol–water partition coefficient (Wildman–Crippen LogP) is 8.46. The van der Waals surface area contributed by atoms with Gasteiger partial charge in [0.2, 0.25) is 0 Å². The van der Waals surface area contributed by atoms with Crippen molar-refractivity contribution in [1.29, 1.82) is 0 Å². The average molecular weight is 417 g/mol. The maximum Gasteiger partial charge on any atom is 0.123 e. The third-order valence-corrected chi connectivity index (χ3v) is 6.09. The summed E-state index contributed by atoms with van der Waals surface area (Å²) in [6.07, 6.45) is 26.2. The number of aliphatic hydroxyl groups excluding tert-OH is 1. The Hall–Kier alpha value is 0.270. The van der Waals surface area contributed by atoms with E-state index in [-0.39, 0.29) is 6.10 Å². The third kappa shape index (κ3) is 21.0. The van der Waals surface area contributed by atoms with Gasteiger partial charge in [-0.25, -0.2) is 0 Å². The molecule has 28 heavy (non-hydrogen) atoms. The quantitative estimate of drug-likeness (QED) is 0.0993. The molecule has 0 heterocycles. The van der Waals surface area contributed by atoms with Gasteiger partial charge in [-0.15, -0.1) is 12.6 Å². The van der Waals surface area contributed by atoms with Gasteiger partial charge in [-0.2, -0.15) is 0 Å². The summed E-state index contributed by atoms with van der Waals surface area (Å²) >= 11 is 4.22. The molecule has 170 valence electrons. The van der Waals surface area contributed by atoms with Crippen LogP contribution in [0.3, 0.4) is 0 Å². The molecule has 0 aliphatic rings. The van der Waals surface area contributed by atoms with E-state index in [0.29, 0.717) is 0 Å². The van der Waals surface area contributed by atoms with Crippen LogP contribution in [0.4, 0.5) is 0 Å². The molecule has 0 saturated heterocycles. The molecule has 0 radical (unpaired) electrons. The van der Waals surface area contributed by atoms with Gasteiger partial charge in [0.1, 0.15) is 5.44 Å². The van der Waals surface area contributed by atoms with E-state index >= 15 is 0 Å². The molecule has 0 saturated carbocycles. The van der Waals surface area contributed by atoms with Crippen molar-refractivity contribution in [2.75, 3.05) is 6.61 Å². The zero-order chi connectivity index (χ0) is 20.7. The molecule has 0 aliphatic heterocycles. The van der Waals surface area contributed by atoms with E-state index in [1.165, 1.54) is 109 Å². The van der Waals surface area contributed by atoms with Crippen LogP contribution < -0.4 is 0 Å². The van der Waals surface area contributed by atoms with Crippen molar-refractivity contribution in [3.8, 4) is 0 Å². The van der Waals surface area contributed by atoms with Gasteiger partial charge in [0.05, 0.1) is 6.10 Å². The monoisotopic (exact) mass is 416 g/mol. The Kier molecular flexibility index (Phi) is 23.8. The maximum atomic E-state index is 9.84. The highest BCUT2D eigenvalue weighted by Gasteiger charge is 2.15. The number of hydrogen-bond acceptors (Lipinski definition) is 3. The normalized spacial score (nSPS) is 13.7. The van der Waals surface area contributed by atoms with Gasteiger partial charge in [0, 0.05) is 6.61 Å². The lowest BCUT2D eigenvalue weighted by atomic mass is 10.0. The first kappa shape index (κ1) is 28.3. The Morgan fingerprint density at radius 2 is 0.929 bits per heavy atom. The molecule has 2 atom stereocenters. The largest absolute Gasteiger partial charge is 0.380 e. The Morgan fingerprint density at radius 1 is 0.571 bits per heavy atom. The van der Waals surface area contributed by atoms with Gasteiger partial charge in [-0.1, -0.05) is 129 Å². The van der Waals surface area contributed by atoms with Crippen LogP contribution in [0.5, 0.6) is 0 Å². The predicted molar refractivity (Wildman–Crippen MR) is 128 cm³/mol. The Bertz CT molecular complexity index is 284. The molecule has 0 bridgehead atoms. The van der Waals surface area contributed by atoms with E-state index in [0.717, 1.165) is 25.9 Å². The molecule has 0 aromatic carbocycles. The minimum absolute atomic E-state index is 0.0912. The average Bonchev–Trinajstić information content (AvgIpc) is 2.68. The van der Waals surface area contributed by atoms with Gasteiger partial charge in [0.15, 0.2) is 0 Å². The SMILES string of the molecule is CCCCCCCCCCCCCC(OCCCCCCCCCC)[C@@H](O)S. The van der Waals surface area contributed by atoms with Crippen molar-refractivity contribution in [3.05, 3.63) is 0 Å². The molecule has 1 unspecified atom stereocenters. The van der Waals surface area contributed by atoms with Crippen LogP contribution in [0.2, 0.25) is 0 Å². The van der Waals surface area contributed by atoms with Crippen LogP contribution in [-0.2, 0) is 4.74 Å². The lowest BCUT2D eigenvalue weighted by Crippen LogP contribution is -2.25. The summed E-state index contributed by atoms with van der Waals surface area (Å²) in [4.78, 5) is 0.